The highest BCUT2D eigenvalue weighted by molar-refractivity contribution is 6.04. The van der Waals surface area contributed by atoms with Gasteiger partial charge in [-0.2, -0.15) is 0 Å². The van der Waals surface area contributed by atoms with Gasteiger partial charge in [0.05, 0.1) is 5.69 Å². The van der Waals surface area contributed by atoms with E-state index in [9.17, 15) is 28.4 Å². The third-order valence-corrected chi connectivity index (χ3v) is 8.51. The summed E-state index contributed by atoms with van der Waals surface area (Å²) in [5.74, 6) is 3.34. The number of aromatic nitrogens is 3. The first-order valence-corrected chi connectivity index (χ1v) is 17.3. The molecule has 3 amide bonds. The van der Waals surface area contributed by atoms with Gasteiger partial charge in [0.25, 0.3) is 11.5 Å². The lowest BCUT2D eigenvalue weighted by Gasteiger charge is -2.32. The highest BCUT2D eigenvalue weighted by Gasteiger charge is 2.27. The normalized spacial score (nSPS) is 13.0. The number of ether oxygens (including phenoxy) is 2. The van der Waals surface area contributed by atoms with Crippen molar-refractivity contribution in [2.24, 2.45) is 5.92 Å². The molecule has 3 N–H and O–H groups in total. The van der Waals surface area contributed by atoms with E-state index in [0.717, 1.165) is 41.8 Å². The fourth-order valence-corrected chi connectivity index (χ4v) is 5.55. The number of hydrogen-bond donors (Lipinski definition) is 2. The molecule has 1 fully saturated rings. The minimum absolute atomic E-state index is 0.0360. The Kier molecular flexibility index (Phi) is 12.0. The molecular formula is C39H41F2N7O7. The first kappa shape index (κ1) is 39.7. The van der Waals surface area contributed by atoms with Crippen LogP contribution in [0.3, 0.4) is 0 Å². The largest absolute Gasteiger partial charge is 0.453 e. The minimum atomic E-state index is -1.04. The summed E-state index contributed by atoms with van der Waals surface area (Å²) in [4.78, 5) is 72.0. The minimum Gasteiger partial charge on any atom is -0.453 e. The number of carbonyl (C=O) groups excluding carboxylic acids is 3. The van der Waals surface area contributed by atoms with Crippen molar-refractivity contribution in [1.82, 2.24) is 23.9 Å². The summed E-state index contributed by atoms with van der Waals surface area (Å²) < 4.78 is 41.9. The van der Waals surface area contributed by atoms with E-state index < -0.39 is 52.4 Å². The Morgan fingerprint density at radius 2 is 1.71 bits per heavy atom. The zero-order chi connectivity index (χ0) is 40.0. The number of carbonyl (C=O) groups is 3. The Hall–Kier alpha value is -6.50. The van der Waals surface area contributed by atoms with Crippen LogP contribution in [0.15, 0.2) is 70.5 Å². The molecule has 0 saturated carbocycles. The van der Waals surface area contributed by atoms with Crippen LogP contribution in [-0.4, -0.2) is 74.6 Å². The van der Waals surface area contributed by atoms with Crippen LogP contribution in [0.5, 0.6) is 11.5 Å². The summed E-state index contributed by atoms with van der Waals surface area (Å²) in [6.45, 7) is 6.07. The molecule has 4 aromatic rings. The summed E-state index contributed by atoms with van der Waals surface area (Å²) in [5, 5.41) is 2.44. The average molecular weight is 758 g/mol. The van der Waals surface area contributed by atoms with Crippen molar-refractivity contribution in [2.75, 3.05) is 38.2 Å². The number of nitrogen functional groups attached to an aromatic ring is 1. The van der Waals surface area contributed by atoms with E-state index in [1.165, 1.54) is 55.5 Å². The van der Waals surface area contributed by atoms with E-state index >= 15 is 4.39 Å². The number of likely N-dealkylation sites (tertiary alicyclic amines) is 1. The number of piperidine rings is 1. The van der Waals surface area contributed by atoms with E-state index in [1.807, 2.05) is 20.8 Å². The zero-order valence-electron chi connectivity index (χ0n) is 31.0. The Labute approximate surface area is 315 Å². The SMILES string of the molecule is CN(C)C(=O)Cn1cc(C(=O)Nc2ccc(Oc3ccnc(N)c3C#CCC3CCN(C(=O)OC(C)(C)C)CC3)c(F)c2)c(=O)n(-c2ccc(F)cc2)c1=O. The van der Waals surface area contributed by atoms with Crippen LogP contribution in [0.25, 0.3) is 5.69 Å². The number of anilines is 2. The number of nitrogens with zero attached hydrogens (tertiary/aromatic N) is 5. The average Bonchev–Trinajstić information content (AvgIpc) is 3.12. The Morgan fingerprint density at radius 1 is 1.02 bits per heavy atom. The van der Waals surface area contributed by atoms with E-state index in [-0.39, 0.29) is 46.3 Å². The van der Waals surface area contributed by atoms with Gasteiger partial charge < -0.3 is 30.3 Å². The van der Waals surface area contributed by atoms with Crippen molar-refractivity contribution in [2.45, 2.75) is 52.2 Å². The van der Waals surface area contributed by atoms with Crippen LogP contribution in [0.1, 0.15) is 56.0 Å². The van der Waals surface area contributed by atoms with Crippen molar-refractivity contribution in [1.29, 1.82) is 0 Å². The van der Waals surface area contributed by atoms with Crippen LogP contribution in [-0.2, 0) is 16.1 Å². The van der Waals surface area contributed by atoms with E-state index in [4.69, 9.17) is 15.2 Å². The van der Waals surface area contributed by atoms with E-state index in [1.54, 1.807) is 4.90 Å². The molecule has 288 valence electrons. The van der Waals surface area contributed by atoms with Crippen molar-refractivity contribution in [3.05, 3.63) is 105 Å². The van der Waals surface area contributed by atoms with Gasteiger partial charge in [0.1, 0.15) is 40.7 Å². The summed E-state index contributed by atoms with van der Waals surface area (Å²) in [5.41, 5.74) is 3.19. The molecule has 0 atom stereocenters. The molecule has 2 aromatic heterocycles. The molecular weight excluding hydrogens is 716 g/mol. The van der Waals surface area contributed by atoms with Crippen LogP contribution >= 0.6 is 0 Å². The highest BCUT2D eigenvalue weighted by Crippen LogP contribution is 2.31. The van der Waals surface area contributed by atoms with Crippen LogP contribution < -0.4 is 27.0 Å². The molecule has 0 aliphatic carbocycles. The standard InChI is InChI=1S/C39H41F2N7O7/c1-39(2,3)55-38(53)46-19-16-24(17-20-46)7-6-8-28-31(15-18-43-34(28)42)54-32-14-11-26(21-30(32)41)44-35(50)29-22-47(23-33(49)45(4)5)37(52)48(36(29)51)27-12-9-25(40)10-13-27/h9-15,18,21-22,24H,7,16-17,19-20,23H2,1-5H3,(H2,42,43)(H,44,50). The molecule has 1 aliphatic heterocycles. The van der Waals surface area contributed by atoms with Crippen molar-refractivity contribution in [3.63, 3.8) is 0 Å². The van der Waals surface area contributed by atoms with Crippen molar-refractivity contribution >= 4 is 29.4 Å². The third-order valence-electron chi connectivity index (χ3n) is 8.51. The lowest BCUT2D eigenvalue weighted by atomic mass is 9.94. The Morgan fingerprint density at radius 3 is 2.35 bits per heavy atom. The topological polar surface area (TPSA) is 171 Å². The monoisotopic (exact) mass is 757 g/mol. The number of benzene rings is 2. The lowest BCUT2D eigenvalue weighted by Crippen LogP contribution is -2.44. The van der Waals surface area contributed by atoms with Crippen LogP contribution in [0.4, 0.5) is 25.1 Å². The van der Waals surface area contributed by atoms with Crippen LogP contribution in [0, 0.1) is 29.4 Å². The van der Waals surface area contributed by atoms with Gasteiger partial charge in [-0.3, -0.25) is 19.0 Å². The number of nitrogens with one attached hydrogen (secondary N) is 1. The molecule has 1 saturated heterocycles. The van der Waals surface area contributed by atoms with Gasteiger partial charge in [-0.15, -0.1) is 0 Å². The summed E-state index contributed by atoms with van der Waals surface area (Å²) >= 11 is 0. The molecule has 2 aromatic carbocycles. The van der Waals surface area contributed by atoms with Crippen molar-refractivity contribution < 1.29 is 32.6 Å². The van der Waals surface area contributed by atoms with Gasteiger partial charge in [0.15, 0.2) is 11.6 Å². The van der Waals surface area contributed by atoms with Gasteiger partial charge in [-0.1, -0.05) is 11.8 Å². The van der Waals surface area contributed by atoms with Gasteiger partial charge in [0.2, 0.25) is 5.91 Å². The molecule has 1 aliphatic rings. The quantitative estimate of drug-likeness (QED) is 0.240. The number of nitrogens with two attached hydrogens (primary N) is 1. The molecule has 0 unspecified atom stereocenters. The predicted molar refractivity (Wildman–Crippen MR) is 200 cm³/mol. The second-order valence-electron chi connectivity index (χ2n) is 14.0. The number of hydrogen-bond acceptors (Lipinski definition) is 9. The third kappa shape index (κ3) is 9.93. The number of halogens is 2. The highest BCUT2D eigenvalue weighted by atomic mass is 19.1. The second kappa shape index (κ2) is 16.7. The Bertz CT molecular complexity index is 2280. The first-order chi connectivity index (χ1) is 26.0. The Balaban J connectivity index is 1.31. The summed E-state index contributed by atoms with van der Waals surface area (Å²) in [6, 6.07) is 9.47. The predicted octanol–water partition coefficient (Wildman–Crippen LogP) is 4.78. The van der Waals surface area contributed by atoms with Crippen molar-refractivity contribution in [3.8, 4) is 29.0 Å². The molecule has 0 spiro atoms. The summed E-state index contributed by atoms with van der Waals surface area (Å²) in [6.07, 6.45) is 4.01. The maximum atomic E-state index is 15.4. The smallest absolute Gasteiger partial charge is 0.410 e. The van der Waals surface area contributed by atoms with Gasteiger partial charge in [0, 0.05) is 63.8 Å². The molecule has 14 nitrogen and oxygen atoms in total. The molecule has 5 rings (SSSR count). The lowest BCUT2D eigenvalue weighted by molar-refractivity contribution is -0.129. The number of amides is 3. The van der Waals surface area contributed by atoms with Gasteiger partial charge in [-0.25, -0.2) is 27.9 Å². The number of pyridine rings is 1. The summed E-state index contributed by atoms with van der Waals surface area (Å²) in [7, 11) is 2.94. The molecule has 55 heavy (non-hydrogen) atoms. The molecule has 0 bridgehead atoms. The fraction of sp³-hybridized carbons (Fsp3) is 0.333. The van der Waals surface area contributed by atoms with E-state index in [2.05, 4.69) is 22.1 Å². The van der Waals surface area contributed by atoms with Gasteiger partial charge >= 0.3 is 11.8 Å². The number of rotatable bonds is 8. The number of likely N-dealkylation sites (N-methyl/N-ethyl adjacent to an activating group) is 1. The fourth-order valence-electron chi connectivity index (χ4n) is 5.55. The second-order valence-corrected chi connectivity index (χ2v) is 14.0. The maximum absolute atomic E-state index is 15.4. The maximum Gasteiger partial charge on any atom is 0.410 e. The molecule has 16 heteroatoms. The molecule has 3 heterocycles. The molecule has 0 radical (unpaired) electrons. The first-order valence-electron chi connectivity index (χ1n) is 17.3. The van der Waals surface area contributed by atoms with E-state index in [0.29, 0.717) is 24.1 Å². The van der Waals surface area contributed by atoms with Crippen LogP contribution in [0.2, 0.25) is 0 Å². The van der Waals surface area contributed by atoms with Gasteiger partial charge in [-0.05, 0) is 75.9 Å². The zero-order valence-corrected chi connectivity index (χ0v) is 31.0.